The number of carbonyl (C=O) groups excluding carboxylic acids is 1. The van der Waals surface area contributed by atoms with E-state index in [2.05, 4.69) is 11.9 Å². The maximum Gasteiger partial charge on any atom is 0.247 e. The largest absolute Gasteiger partial charge is 0.321 e. The van der Waals surface area contributed by atoms with E-state index in [9.17, 15) is 4.79 Å². The topological polar surface area (TPSA) is 29.1 Å². The predicted molar refractivity (Wildman–Crippen MR) is 80.6 cm³/mol. The lowest BCUT2D eigenvalue weighted by molar-refractivity contribution is -0.111. The first-order valence-electron chi connectivity index (χ1n) is 5.96. The molecule has 0 bridgehead atoms. The van der Waals surface area contributed by atoms with Crippen LogP contribution in [0.2, 0.25) is 0 Å². The fraction of sp³-hybridized carbons (Fsp3) is 0.0625. The number of aryl methyl sites for hydroxylation is 1. The quantitative estimate of drug-likeness (QED) is 0.840. The highest BCUT2D eigenvalue weighted by atomic mass is 32.2. The molecular weight excluding hydrogens is 254 g/mol. The Balaban J connectivity index is 2.29. The second kappa shape index (κ2) is 6.25. The van der Waals surface area contributed by atoms with Gasteiger partial charge in [-0.15, -0.1) is 0 Å². The van der Waals surface area contributed by atoms with E-state index in [1.807, 2.05) is 55.5 Å². The zero-order valence-corrected chi connectivity index (χ0v) is 11.5. The summed E-state index contributed by atoms with van der Waals surface area (Å²) in [7, 11) is 0. The van der Waals surface area contributed by atoms with Gasteiger partial charge in [0.2, 0.25) is 5.91 Å². The molecule has 1 amide bonds. The molecule has 2 aromatic rings. The number of benzene rings is 2. The first-order valence-corrected chi connectivity index (χ1v) is 6.77. The monoisotopic (exact) mass is 269 g/mol. The number of anilines is 1. The summed E-state index contributed by atoms with van der Waals surface area (Å²) in [6.07, 6.45) is 1.28. The van der Waals surface area contributed by atoms with Gasteiger partial charge >= 0.3 is 0 Å². The molecule has 0 saturated carbocycles. The zero-order valence-electron chi connectivity index (χ0n) is 10.7. The van der Waals surface area contributed by atoms with E-state index in [4.69, 9.17) is 0 Å². The summed E-state index contributed by atoms with van der Waals surface area (Å²) in [6, 6.07) is 16.1. The van der Waals surface area contributed by atoms with Crippen LogP contribution in [0.4, 0.5) is 5.69 Å². The van der Waals surface area contributed by atoms with Gasteiger partial charge in [0.15, 0.2) is 0 Å². The SMILES string of the molecule is C=CC(=O)Nc1cc(C)ccc1Sc1ccccc1. The first kappa shape index (κ1) is 13.4. The molecule has 0 unspecified atom stereocenters. The van der Waals surface area contributed by atoms with Crippen LogP contribution in [0.15, 0.2) is 71.0 Å². The third-order valence-corrected chi connectivity index (χ3v) is 3.63. The molecule has 0 aliphatic heterocycles. The van der Waals surface area contributed by atoms with Gasteiger partial charge in [0.1, 0.15) is 0 Å². The number of hydrogen-bond donors (Lipinski definition) is 1. The molecule has 0 radical (unpaired) electrons. The van der Waals surface area contributed by atoms with Gasteiger partial charge < -0.3 is 5.32 Å². The summed E-state index contributed by atoms with van der Waals surface area (Å²) in [5.41, 5.74) is 1.93. The van der Waals surface area contributed by atoms with Crippen molar-refractivity contribution in [3.63, 3.8) is 0 Å². The lowest BCUT2D eigenvalue weighted by Crippen LogP contribution is -2.08. The zero-order chi connectivity index (χ0) is 13.7. The average Bonchev–Trinajstić information content (AvgIpc) is 2.43. The Morgan fingerprint density at radius 2 is 1.95 bits per heavy atom. The van der Waals surface area contributed by atoms with Gasteiger partial charge in [-0.3, -0.25) is 4.79 Å². The van der Waals surface area contributed by atoms with Crippen LogP contribution in [0.1, 0.15) is 5.56 Å². The Morgan fingerprint density at radius 3 is 2.63 bits per heavy atom. The highest BCUT2D eigenvalue weighted by molar-refractivity contribution is 7.99. The number of rotatable bonds is 4. The van der Waals surface area contributed by atoms with Gasteiger partial charge in [-0.05, 0) is 42.8 Å². The molecular formula is C16H15NOS. The second-order valence-corrected chi connectivity index (χ2v) is 5.22. The van der Waals surface area contributed by atoms with E-state index < -0.39 is 0 Å². The predicted octanol–water partition coefficient (Wildman–Crippen LogP) is 4.27. The second-order valence-electron chi connectivity index (χ2n) is 4.11. The molecule has 2 nitrogen and oxygen atoms in total. The van der Waals surface area contributed by atoms with Gasteiger partial charge in [-0.1, -0.05) is 42.6 Å². The van der Waals surface area contributed by atoms with Gasteiger partial charge in [-0.2, -0.15) is 0 Å². The summed E-state index contributed by atoms with van der Waals surface area (Å²) >= 11 is 1.63. The molecule has 1 N–H and O–H groups in total. The maximum atomic E-state index is 11.5. The Morgan fingerprint density at radius 1 is 1.21 bits per heavy atom. The van der Waals surface area contributed by atoms with Crippen molar-refractivity contribution in [3.8, 4) is 0 Å². The molecule has 0 spiro atoms. The van der Waals surface area contributed by atoms with Crippen molar-refractivity contribution < 1.29 is 4.79 Å². The molecule has 0 atom stereocenters. The Kier molecular flexibility index (Phi) is 4.42. The molecule has 19 heavy (non-hydrogen) atoms. The van der Waals surface area contributed by atoms with Crippen LogP contribution in [0.3, 0.4) is 0 Å². The maximum absolute atomic E-state index is 11.5. The van der Waals surface area contributed by atoms with Crippen LogP contribution in [0.5, 0.6) is 0 Å². The van der Waals surface area contributed by atoms with Crippen LogP contribution < -0.4 is 5.32 Å². The summed E-state index contributed by atoms with van der Waals surface area (Å²) in [6.45, 7) is 5.47. The summed E-state index contributed by atoms with van der Waals surface area (Å²) in [4.78, 5) is 13.6. The van der Waals surface area contributed by atoms with Crippen molar-refractivity contribution >= 4 is 23.4 Å². The van der Waals surface area contributed by atoms with Crippen LogP contribution in [-0.2, 0) is 4.79 Å². The molecule has 0 saturated heterocycles. The normalized spacial score (nSPS) is 9.95. The van der Waals surface area contributed by atoms with Crippen molar-refractivity contribution in [1.82, 2.24) is 0 Å². The standard InChI is InChI=1S/C16H15NOS/c1-3-16(18)17-14-11-12(2)9-10-15(14)19-13-7-5-4-6-8-13/h3-11H,1H2,2H3,(H,17,18). The highest BCUT2D eigenvalue weighted by Crippen LogP contribution is 2.33. The lowest BCUT2D eigenvalue weighted by Gasteiger charge is -2.10. The average molecular weight is 269 g/mol. The molecule has 0 heterocycles. The molecule has 3 heteroatoms. The Labute approximate surface area is 117 Å². The third-order valence-electron chi connectivity index (χ3n) is 2.55. The van der Waals surface area contributed by atoms with E-state index >= 15 is 0 Å². The van der Waals surface area contributed by atoms with E-state index in [1.54, 1.807) is 11.8 Å². The summed E-state index contributed by atoms with van der Waals surface area (Å²) in [5, 5.41) is 2.84. The minimum Gasteiger partial charge on any atom is -0.321 e. The minimum absolute atomic E-state index is 0.194. The summed E-state index contributed by atoms with van der Waals surface area (Å²) < 4.78 is 0. The minimum atomic E-state index is -0.194. The summed E-state index contributed by atoms with van der Waals surface area (Å²) in [5.74, 6) is -0.194. The fourth-order valence-corrected chi connectivity index (χ4v) is 2.53. The van der Waals surface area contributed by atoms with Gasteiger partial charge in [0, 0.05) is 9.79 Å². The van der Waals surface area contributed by atoms with Crippen molar-refractivity contribution in [1.29, 1.82) is 0 Å². The van der Waals surface area contributed by atoms with Crippen molar-refractivity contribution in [3.05, 3.63) is 66.7 Å². The van der Waals surface area contributed by atoms with Crippen molar-refractivity contribution in [2.24, 2.45) is 0 Å². The number of carbonyl (C=O) groups is 1. The van der Waals surface area contributed by atoms with Gasteiger partial charge in [-0.25, -0.2) is 0 Å². The highest BCUT2D eigenvalue weighted by Gasteiger charge is 2.06. The van der Waals surface area contributed by atoms with Crippen LogP contribution >= 0.6 is 11.8 Å². The van der Waals surface area contributed by atoms with Crippen molar-refractivity contribution in [2.75, 3.05) is 5.32 Å². The van der Waals surface area contributed by atoms with E-state index in [0.717, 1.165) is 21.0 Å². The fourth-order valence-electron chi connectivity index (χ4n) is 1.63. The molecule has 2 rings (SSSR count). The Hall–Kier alpha value is -2.00. The molecule has 2 aromatic carbocycles. The van der Waals surface area contributed by atoms with Crippen molar-refractivity contribution in [2.45, 2.75) is 16.7 Å². The van der Waals surface area contributed by atoms with E-state index in [-0.39, 0.29) is 5.91 Å². The van der Waals surface area contributed by atoms with E-state index in [1.165, 1.54) is 6.08 Å². The van der Waals surface area contributed by atoms with Crippen LogP contribution in [0, 0.1) is 6.92 Å². The number of amides is 1. The first-order chi connectivity index (χ1) is 9.19. The lowest BCUT2D eigenvalue weighted by atomic mass is 10.2. The van der Waals surface area contributed by atoms with Gasteiger partial charge in [0.05, 0.1) is 5.69 Å². The van der Waals surface area contributed by atoms with Crippen LogP contribution in [-0.4, -0.2) is 5.91 Å². The molecule has 0 aliphatic carbocycles. The van der Waals surface area contributed by atoms with Gasteiger partial charge in [0.25, 0.3) is 0 Å². The smallest absolute Gasteiger partial charge is 0.247 e. The molecule has 0 aliphatic rings. The van der Waals surface area contributed by atoms with Crippen LogP contribution in [0.25, 0.3) is 0 Å². The molecule has 96 valence electrons. The third kappa shape index (κ3) is 3.73. The molecule has 0 aromatic heterocycles. The Bertz CT molecular complexity index is 593. The molecule has 0 fully saturated rings. The number of nitrogens with one attached hydrogen (secondary N) is 1. The van der Waals surface area contributed by atoms with E-state index in [0.29, 0.717) is 0 Å². The number of hydrogen-bond acceptors (Lipinski definition) is 2.